The zero-order valence-electron chi connectivity index (χ0n) is 21.9. The molecule has 6 heteroatoms. The summed E-state index contributed by atoms with van der Waals surface area (Å²) in [6.45, 7) is 4.85. The summed E-state index contributed by atoms with van der Waals surface area (Å²) in [6, 6.07) is 10.4. The number of carbonyl (C=O) groups is 1. The van der Waals surface area contributed by atoms with Gasteiger partial charge in [-0.2, -0.15) is 0 Å². The molecule has 2 N–H and O–H groups in total. The van der Waals surface area contributed by atoms with E-state index >= 15 is 0 Å². The van der Waals surface area contributed by atoms with Gasteiger partial charge in [0.25, 0.3) is 0 Å². The van der Waals surface area contributed by atoms with Gasteiger partial charge in [0.2, 0.25) is 5.91 Å². The normalized spacial score (nSPS) is 24.7. The third-order valence-electron chi connectivity index (χ3n) is 7.58. The Balaban J connectivity index is 1.50. The molecule has 2 aliphatic rings. The summed E-state index contributed by atoms with van der Waals surface area (Å²) in [5.74, 6) is 1.01. The van der Waals surface area contributed by atoms with E-state index in [1.165, 1.54) is 5.56 Å². The van der Waals surface area contributed by atoms with E-state index in [0.717, 1.165) is 70.5 Å². The highest BCUT2D eigenvalue weighted by Crippen LogP contribution is 2.45. The number of benzene rings is 1. The SMILES string of the molecule is CCCCB1OC2CC(O1)[C@H](CC[C@@H](O)CCc1ccccc1)[C@H]2CC=CCCCC(=O)NCC. The van der Waals surface area contributed by atoms with E-state index in [4.69, 9.17) is 9.31 Å². The summed E-state index contributed by atoms with van der Waals surface area (Å²) in [5, 5.41) is 13.6. The highest BCUT2D eigenvalue weighted by atomic mass is 16.6. The zero-order valence-corrected chi connectivity index (χ0v) is 21.9. The van der Waals surface area contributed by atoms with Crippen LogP contribution in [0.25, 0.3) is 0 Å². The van der Waals surface area contributed by atoms with Crippen LogP contribution in [0.3, 0.4) is 0 Å². The molecule has 1 heterocycles. The lowest BCUT2D eigenvalue weighted by Gasteiger charge is -2.28. The monoisotopic (exact) mass is 483 g/mol. The number of aliphatic hydroxyl groups excluding tert-OH is 1. The molecule has 1 amide bonds. The van der Waals surface area contributed by atoms with E-state index in [2.05, 4.69) is 48.7 Å². The summed E-state index contributed by atoms with van der Waals surface area (Å²) in [6.07, 6.45) is 15.9. The Hall–Kier alpha value is -1.63. The topological polar surface area (TPSA) is 67.8 Å². The molecule has 1 saturated carbocycles. The molecule has 194 valence electrons. The molecule has 1 aliphatic carbocycles. The average Bonchev–Trinajstić information content (AvgIpc) is 3.11. The third kappa shape index (κ3) is 9.40. The Labute approximate surface area is 213 Å². The molecule has 1 aliphatic heterocycles. The first-order valence-corrected chi connectivity index (χ1v) is 14.0. The number of allylic oxidation sites excluding steroid dienone is 2. The predicted molar refractivity (Wildman–Crippen MR) is 143 cm³/mol. The number of nitrogens with one attached hydrogen (secondary N) is 1. The fourth-order valence-corrected chi connectivity index (χ4v) is 5.64. The van der Waals surface area contributed by atoms with Crippen molar-refractivity contribution in [1.82, 2.24) is 5.32 Å². The number of carbonyl (C=O) groups excluding carboxylic acids is 1. The van der Waals surface area contributed by atoms with Crippen LogP contribution in [0.2, 0.25) is 6.32 Å². The number of amides is 1. The second kappa shape index (κ2) is 15.5. The maximum absolute atomic E-state index is 11.6. The molecule has 1 aromatic rings. The lowest BCUT2D eigenvalue weighted by atomic mass is 9.80. The van der Waals surface area contributed by atoms with Crippen LogP contribution >= 0.6 is 0 Å². The van der Waals surface area contributed by atoms with Crippen molar-refractivity contribution in [3.05, 3.63) is 48.0 Å². The van der Waals surface area contributed by atoms with E-state index < -0.39 is 0 Å². The van der Waals surface area contributed by atoms with Crippen LogP contribution in [0.15, 0.2) is 42.5 Å². The quantitative estimate of drug-likeness (QED) is 0.179. The van der Waals surface area contributed by atoms with Gasteiger partial charge in [0.15, 0.2) is 0 Å². The van der Waals surface area contributed by atoms with E-state index in [1.54, 1.807) is 0 Å². The van der Waals surface area contributed by atoms with Crippen molar-refractivity contribution in [2.75, 3.05) is 6.54 Å². The van der Waals surface area contributed by atoms with E-state index in [1.807, 2.05) is 13.0 Å². The number of rotatable bonds is 16. The fourth-order valence-electron chi connectivity index (χ4n) is 5.64. The summed E-state index contributed by atoms with van der Waals surface area (Å²) in [5.41, 5.74) is 1.29. The van der Waals surface area contributed by atoms with Crippen molar-refractivity contribution in [3.8, 4) is 0 Å². The van der Waals surface area contributed by atoms with Gasteiger partial charge in [0.05, 0.1) is 6.10 Å². The fraction of sp³-hybridized carbons (Fsp3) is 0.690. The highest BCUT2D eigenvalue weighted by molar-refractivity contribution is 6.44. The van der Waals surface area contributed by atoms with Crippen molar-refractivity contribution in [3.63, 3.8) is 0 Å². The van der Waals surface area contributed by atoms with Gasteiger partial charge >= 0.3 is 7.12 Å². The second-order valence-electron chi connectivity index (χ2n) is 10.3. The lowest BCUT2D eigenvalue weighted by molar-refractivity contribution is -0.121. The summed E-state index contributed by atoms with van der Waals surface area (Å²) in [7, 11) is -0.0738. The van der Waals surface area contributed by atoms with Gasteiger partial charge in [-0.05, 0) is 82.0 Å². The Kier molecular flexibility index (Phi) is 12.4. The molecule has 2 fully saturated rings. The third-order valence-corrected chi connectivity index (χ3v) is 7.58. The molecule has 0 spiro atoms. The van der Waals surface area contributed by atoms with Crippen LogP contribution in [0, 0.1) is 11.8 Å². The minimum absolute atomic E-state index is 0.0738. The Bertz CT molecular complexity index is 758. The molecular weight excluding hydrogens is 437 g/mol. The van der Waals surface area contributed by atoms with Crippen LogP contribution in [-0.4, -0.2) is 43.0 Å². The van der Waals surface area contributed by atoms with Crippen molar-refractivity contribution < 1.29 is 19.2 Å². The molecule has 35 heavy (non-hydrogen) atoms. The molecule has 0 aromatic heterocycles. The first kappa shape index (κ1) is 28.0. The molecule has 5 atom stereocenters. The van der Waals surface area contributed by atoms with Crippen molar-refractivity contribution >= 4 is 13.0 Å². The van der Waals surface area contributed by atoms with Crippen LogP contribution < -0.4 is 5.32 Å². The molecule has 2 unspecified atom stereocenters. The minimum atomic E-state index is -0.280. The number of fused-ring (bicyclic) bond motifs is 2. The largest absolute Gasteiger partial charge is 0.457 e. The second-order valence-corrected chi connectivity index (χ2v) is 10.3. The van der Waals surface area contributed by atoms with Crippen LogP contribution in [0.1, 0.15) is 83.6 Å². The number of unbranched alkanes of at least 4 members (excludes halogenated alkanes) is 2. The molecule has 1 aromatic carbocycles. The maximum atomic E-state index is 11.6. The average molecular weight is 484 g/mol. The van der Waals surface area contributed by atoms with E-state index in [9.17, 15) is 9.90 Å². The van der Waals surface area contributed by atoms with E-state index in [0.29, 0.717) is 24.8 Å². The van der Waals surface area contributed by atoms with Crippen LogP contribution in [0.5, 0.6) is 0 Å². The lowest BCUT2D eigenvalue weighted by Crippen LogP contribution is -2.37. The molecule has 3 rings (SSSR count). The van der Waals surface area contributed by atoms with Crippen molar-refractivity contribution in [2.24, 2.45) is 11.8 Å². The molecular formula is C29H46BNO4. The summed E-state index contributed by atoms with van der Waals surface area (Å²) < 4.78 is 12.8. The van der Waals surface area contributed by atoms with Crippen molar-refractivity contribution in [2.45, 2.75) is 109 Å². The number of hydrogen-bond acceptors (Lipinski definition) is 4. The highest BCUT2D eigenvalue weighted by Gasteiger charge is 2.49. The summed E-state index contributed by atoms with van der Waals surface area (Å²) >= 11 is 0. The van der Waals surface area contributed by atoms with Gasteiger partial charge in [-0.3, -0.25) is 4.79 Å². The molecule has 1 saturated heterocycles. The maximum Gasteiger partial charge on any atom is 0.457 e. The van der Waals surface area contributed by atoms with E-state index in [-0.39, 0.29) is 31.3 Å². The number of hydrogen-bond donors (Lipinski definition) is 2. The van der Waals surface area contributed by atoms with Crippen LogP contribution in [0.4, 0.5) is 0 Å². The van der Waals surface area contributed by atoms with Gasteiger partial charge in [0.1, 0.15) is 0 Å². The smallest absolute Gasteiger partial charge is 0.408 e. The van der Waals surface area contributed by atoms with Gasteiger partial charge in [-0.1, -0.05) is 62.2 Å². The Morgan fingerprint density at radius 3 is 2.63 bits per heavy atom. The van der Waals surface area contributed by atoms with Gasteiger partial charge in [-0.15, -0.1) is 0 Å². The first-order chi connectivity index (χ1) is 17.1. The Morgan fingerprint density at radius 2 is 1.89 bits per heavy atom. The first-order valence-electron chi connectivity index (χ1n) is 14.0. The minimum Gasteiger partial charge on any atom is -0.408 e. The number of aliphatic hydroxyl groups is 1. The van der Waals surface area contributed by atoms with Crippen LogP contribution in [-0.2, 0) is 20.5 Å². The van der Waals surface area contributed by atoms with Gasteiger partial charge < -0.3 is 19.7 Å². The number of aryl methyl sites for hydroxylation is 1. The Morgan fingerprint density at radius 1 is 1.11 bits per heavy atom. The molecule has 0 radical (unpaired) electrons. The van der Waals surface area contributed by atoms with Gasteiger partial charge in [0, 0.05) is 25.2 Å². The zero-order chi connectivity index (χ0) is 24.9. The standard InChI is InChI=1S/C29H46BNO4/c1-3-5-21-30-34-27-22-28(35-30)26(20-19-24(32)18-17-23-13-9-8-10-14-23)25(27)15-11-6-7-12-16-29(33)31-4-2/h6,8-11,13-14,24-28,32H,3-5,7,12,15-22H2,1-2H3,(H,31,33)/t24-,25+,26+,27?,28?/m0/s1. The molecule has 5 nitrogen and oxygen atoms in total. The predicted octanol–water partition coefficient (Wildman–Crippen LogP) is 5.72. The molecule has 2 bridgehead atoms. The van der Waals surface area contributed by atoms with Crippen molar-refractivity contribution in [1.29, 1.82) is 0 Å². The van der Waals surface area contributed by atoms with Gasteiger partial charge in [-0.25, -0.2) is 0 Å². The summed E-state index contributed by atoms with van der Waals surface area (Å²) in [4.78, 5) is 11.6.